The fraction of sp³-hybridized carbons (Fsp3) is 0.364. The molecule has 1 aromatic rings. The van der Waals surface area contributed by atoms with Crippen LogP contribution in [0, 0.1) is 0 Å². The van der Waals surface area contributed by atoms with Crippen molar-refractivity contribution in [2.75, 3.05) is 6.54 Å². The van der Waals surface area contributed by atoms with Crippen LogP contribution < -0.4 is 5.32 Å². The van der Waals surface area contributed by atoms with Gasteiger partial charge in [0.15, 0.2) is 0 Å². The number of alkyl carbamates (subject to hydrolysis) is 1. The first kappa shape index (κ1) is 13.8. The van der Waals surface area contributed by atoms with Crippen LogP contribution in [0.25, 0.3) is 0 Å². The van der Waals surface area contributed by atoms with Crippen molar-refractivity contribution >= 4 is 16.4 Å². The van der Waals surface area contributed by atoms with E-state index in [4.69, 9.17) is 9.29 Å². The van der Waals surface area contributed by atoms with Crippen molar-refractivity contribution in [2.24, 2.45) is 0 Å². The highest BCUT2D eigenvalue weighted by molar-refractivity contribution is 7.83. The molecule has 2 rings (SSSR count). The Hall–Kier alpha value is -1.64. The zero-order valence-corrected chi connectivity index (χ0v) is 10.8. The summed E-state index contributed by atoms with van der Waals surface area (Å²) in [6.07, 6.45) is -1.01. The Morgan fingerprint density at radius 3 is 2.63 bits per heavy atom. The molecule has 0 bridgehead atoms. The summed E-state index contributed by atoms with van der Waals surface area (Å²) in [7, 11) is -4.26. The number of carbonyl (C=O) groups excluding carboxylic acids is 1. The van der Waals surface area contributed by atoms with E-state index in [0.29, 0.717) is 6.42 Å². The largest absolute Gasteiger partial charge is 0.445 e. The average molecular weight is 286 g/mol. The summed E-state index contributed by atoms with van der Waals surface area (Å²) in [4.78, 5) is 11.5. The number of nitrogens with zero attached hydrogens (tertiary/aromatic N) is 1. The molecule has 1 amide bonds. The van der Waals surface area contributed by atoms with E-state index in [-0.39, 0.29) is 13.2 Å². The summed E-state index contributed by atoms with van der Waals surface area (Å²) in [6.45, 7) is 0.285. The molecule has 1 unspecified atom stereocenters. The lowest BCUT2D eigenvalue weighted by atomic mass is 10.2. The number of hydrogen-bond donors (Lipinski definition) is 2. The first-order valence-corrected chi connectivity index (χ1v) is 7.08. The van der Waals surface area contributed by atoms with Crippen molar-refractivity contribution in [3.05, 3.63) is 35.9 Å². The van der Waals surface area contributed by atoms with Gasteiger partial charge < -0.3 is 10.1 Å². The molecule has 0 saturated carbocycles. The summed E-state index contributed by atoms with van der Waals surface area (Å²) in [5.74, 6) is 0. The van der Waals surface area contributed by atoms with Crippen LogP contribution in [-0.2, 0) is 21.6 Å². The Morgan fingerprint density at radius 2 is 2.11 bits per heavy atom. The lowest BCUT2D eigenvalue weighted by molar-refractivity contribution is 0.101. The van der Waals surface area contributed by atoms with E-state index in [2.05, 4.69) is 5.32 Å². The van der Waals surface area contributed by atoms with Crippen LogP contribution in [-0.4, -0.2) is 36.1 Å². The third-order valence-electron chi connectivity index (χ3n) is 2.76. The highest BCUT2D eigenvalue weighted by Crippen LogP contribution is 2.18. The minimum Gasteiger partial charge on any atom is -0.445 e. The Morgan fingerprint density at radius 1 is 1.42 bits per heavy atom. The van der Waals surface area contributed by atoms with Gasteiger partial charge in [-0.2, -0.15) is 12.7 Å². The van der Waals surface area contributed by atoms with Crippen LogP contribution in [0.15, 0.2) is 30.3 Å². The summed E-state index contributed by atoms with van der Waals surface area (Å²) in [5.41, 5.74) is 0.831. The van der Waals surface area contributed by atoms with Gasteiger partial charge >= 0.3 is 16.4 Å². The van der Waals surface area contributed by atoms with Crippen LogP contribution >= 0.6 is 0 Å². The van der Waals surface area contributed by atoms with E-state index >= 15 is 0 Å². The molecule has 1 aliphatic heterocycles. The average Bonchev–Trinajstić information content (AvgIpc) is 2.31. The molecule has 104 valence electrons. The number of hydrogen-bond acceptors (Lipinski definition) is 4. The fourth-order valence-corrected chi connectivity index (χ4v) is 2.50. The second-order valence-electron chi connectivity index (χ2n) is 4.10. The Kier molecular flexibility index (Phi) is 4.03. The molecule has 0 aromatic heterocycles. The normalized spacial score (nSPS) is 19.5. The van der Waals surface area contributed by atoms with Crippen LogP contribution in [0.2, 0.25) is 0 Å². The molecule has 1 saturated heterocycles. The van der Waals surface area contributed by atoms with Crippen LogP contribution in [0.1, 0.15) is 12.0 Å². The zero-order valence-electron chi connectivity index (χ0n) is 10.0. The van der Waals surface area contributed by atoms with Gasteiger partial charge in [0.1, 0.15) is 12.8 Å². The second kappa shape index (κ2) is 5.55. The van der Waals surface area contributed by atoms with Crippen molar-refractivity contribution in [2.45, 2.75) is 19.2 Å². The molecule has 1 fully saturated rings. The number of nitrogens with one attached hydrogen (secondary N) is 1. The first-order chi connectivity index (χ1) is 8.97. The second-order valence-corrected chi connectivity index (χ2v) is 5.46. The number of amides is 1. The molecular formula is C11H14N2O5S. The van der Waals surface area contributed by atoms with Crippen molar-refractivity contribution in [1.82, 2.24) is 9.62 Å². The van der Waals surface area contributed by atoms with Crippen molar-refractivity contribution in [3.8, 4) is 0 Å². The van der Waals surface area contributed by atoms with Gasteiger partial charge in [-0.3, -0.25) is 4.55 Å². The predicted molar refractivity (Wildman–Crippen MR) is 66.4 cm³/mol. The molecule has 0 aliphatic carbocycles. The summed E-state index contributed by atoms with van der Waals surface area (Å²) < 4.78 is 36.3. The molecule has 2 N–H and O–H groups in total. The van der Waals surface area contributed by atoms with Gasteiger partial charge in [0, 0.05) is 6.54 Å². The Bertz CT molecular complexity index is 545. The van der Waals surface area contributed by atoms with Gasteiger partial charge in [-0.1, -0.05) is 30.3 Å². The number of benzene rings is 1. The monoisotopic (exact) mass is 286 g/mol. The number of rotatable bonds is 4. The molecule has 0 spiro atoms. The van der Waals surface area contributed by atoms with Crippen LogP contribution in [0.3, 0.4) is 0 Å². The maximum atomic E-state index is 11.5. The molecule has 1 heterocycles. The van der Waals surface area contributed by atoms with E-state index in [1.165, 1.54) is 0 Å². The molecule has 19 heavy (non-hydrogen) atoms. The number of ether oxygens (including phenoxy) is 1. The van der Waals surface area contributed by atoms with E-state index in [1.54, 1.807) is 12.1 Å². The quantitative estimate of drug-likeness (QED) is 0.796. The van der Waals surface area contributed by atoms with Gasteiger partial charge in [-0.25, -0.2) is 4.79 Å². The lowest BCUT2D eigenvalue weighted by Gasteiger charge is -2.37. The van der Waals surface area contributed by atoms with Crippen molar-refractivity contribution in [3.63, 3.8) is 0 Å². The molecule has 8 heteroatoms. The molecular weight excluding hydrogens is 272 g/mol. The third-order valence-corrected chi connectivity index (χ3v) is 3.79. The highest BCUT2D eigenvalue weighted by atomic mass is 32.2. The lowest BCUT2D eigenvalue weighted by Crippen LogP contribution is -2.59. The first-order valence-electron chi connectivity index (χ1n) is 5.68. The van der Waals surface area contributed by atoms with Crippen LogP contribution in [0.4, 0.5) is 4.79 Å². The van der Waals surface area contributed by atoms with Crippen molar-refractivity contribution < 1.29 is 22.5 Å². The zero-order chi connectivity index (χ0) is 13.9. The fourth-order valence-electron chi connectivity index (χ4n) is 1.68. The van der Waals surface area contributed by atoms with E-state index < -0.39 is 22.6 Å². The molecule has 1 aromatic carbocycles. The van der Waals surface area contributed by atoms with Crippen LogP contribution in [0.5, 0.6) is 0 Å². The van der Waals surface area contributed by atoms with E-state index in [1.807, 2.05) is 18.2 Å². The van der Waals surface area contributed by atoms with E-state index in [0.717, 1.165) is 9.87 Å². The standard InChI is InChI=1S/C11H14N2O5S/c14-11(18-8-9-4-2-1-3-5-9)12-10-6-7-13(10)19(15,16)17/h1-5,10H,6-8H2,(H,12,14)(H,15,16,17). The van der Waals surface area contributed by atoms with Crippen molar-refractivity contribution in [1.29, 1.82) is 0 Å². The van der Waals surface area contributed by atoms with Gasteiger partial charge in [-0.05, 0) is 12.0 Å². The summed E-state index contributed by atoms with van der Waals surface area (Å²) in [6, 6.07) is 9.11. The Labute approximate surface area is 111 Å². The Balaban J connectivity index is 1.79. The van der Waals surface area contributed by atoms with Gasteiger partial charge in [-0.15, -0.1) is 0 Å². The summed E-state index contributed by atoms with van der Waals surface area (Å²) >= 11 is 0. The maximum Gasteiger partial charge on any atom is 0.408 e. The molecule has 0 radical (unpaired) electrons. The smallest absolute Gasteiger partial charge is 0.408 e. The maximum absolute atomic E-state index is 11.5. The van der Waals surface area contributed by atoms with Gasteiger partial charge in [0.2, 0.25) is 0 Å². The number of carbonyl (C=O) groups is 1. The predicted octanol–water partition coefficient (Wildman–Crippen LogP) is 0.747. The minimum atomic E-state index is -4.26. The van der Waals surface area contributed by atoms with E-state index in [9.17, 15) is 13.2 Å². The topological polar surface area (TPSA) is 95.9 Å². The van der Waals surface area contributed by atoms with Gasteiger partial charge in [0.25, 0.3) is 0 Å². The summed E-state index contributed by atoms with van der Waals surface area (Å²) in [5, 5.41) is 2.37. The highest BCUT2D eigenvalue weighted by Gasteiger charge is 2.37. The molecule has 7 nitrogen and oxygen atoms in total. The van der Waals surface area contributed by atoms with Gasteiger partial charge in [0.05, 0.1) is 0 Å². The minimum absolute atomic E-state index is 0.102. The molecule has 1 aliphatic rings. The third kappa shape index (κ3) is 3.66. The molecule has 1 atom stereocenters. The SMILES string of the molecule is O=C(NC1CCN1S(=O)(=O)O)OCc1ccccc1.